The molecule has 2 aromatic rings. The SMILES string of the molecule is [2H]C([2H])([2H])n1cnc2c1c(=O)n(CCCC[C@@]([2H])(C)O)c(=O)n2C([2H])([2H])[2H]. The molecule has 2 rings (SSSR count). The number of unbranched alkanes of at least 4 members (excludes halogenated alkanes) is 1. The van der Waals surface area contributed by atoms with E-state index in [1.54, 1.807) is 0 Å². The Morgan fingerprint density at radius 1 is 1.45 bits per heavy atom. The summed E-state index contributed by atoms with van der Waals surface area (Å²) in [5.74, 6) is 0. The standard InChI is InChI=1S/C13H20N4O3/c1-9(18)6-4-5-7-17-12(19)10-11(14-8-15(10)2)16(3)13(17)20/h8-9,18H,4-7H2,1-3H3/t9-/m1/s1/i2D3,3D3,9D. The number of fused-ring (bicyclic) bond motifs is 1. The van der Waals surface area contributed by atoms with Crippen molar-refractivity contribution in [3.05, 3.63) is 27.2 Å². The van der Waals surface area contributed by atoms with Crippen molar-refractivity contribution in [1.29, 1.82) is 0 Å². The van der Waals surface area contributed by atoms with Gasteiger partial charge in [-0.3, -0.25) is 13.9 Å². The van der Waals surface area contributed by atoms with E-state index in [2.05, 4.69) is 4.98 Å². The molecule has 0 aromatic carbocycles. The maximum absolute atomic E-state index is 12.7. The van der Waals surface area contributed by atoms with Crippen LogP contribution in [0.1, 0.15) is 35.8 Å². The molecule has 2 aromatic heterocycles. The molecule has 0 saturated heterocycles. The van der Waals surface area contributed by atoms with Crippen molar-refractivity contribution in [3.8, 4) is 0 Å². The number of nitrogens with zero attached hydrogens (tertiary/aromatic N) is 4. The third-order valence-electron chi connectivity index (χ3n) is 3.00. The lowest BCUT2D eigenvalue weighted by Gasteiger charge is -2.09. The summed E-state index contributed by atoms with van der Waals surface area (Å²) in [6, 6.07) is 0. The first-order valence-electron chi connectivity index (χ1n) is 9.61. The van der Waals surface area contributed by atoms with Crippen LogP contribution in [0.3, 0.4) is 0 Å². The molecule has 0 saturated carbocycles. The van der Waals surface area contributed by atoms with Crippen molar-refractivity contribution in [3.63, 3.8) is 0 Å². The summed E-state index contributed by atoms with van der Waals surface area (Å²) in [5, 5.41) is 9.40. The van der Waals surface area contributed by atoms with Gasteiger partial charge in [0.1, 0.15) is 0 Å². The molecule has 0 amide bonds. The Morgan fingerprint density at radius 3 is 2.90 bits per heavy atom. The highest BCUT2D eigenvalue weighted by Gasteiger charge is 2.14. The number of imidazole rings is 1. The molecular weight excluding hydrogens is 260 g/mol. The fourth-order valence-electron chi connectivity index (χ4n) is 1.98. The molecular formula is C13H20N4O3. The summed E-state index contributed by atoms with van der Waals surface area (Å²) in [7, 11) is 0. The van der Waals surface area contributed by atoms with E-state index in [1.165, 1.54) is 6.92 Å². The Morgan fingerprint density at radius 2 is 2.25 bits per heavy atom. The number of aryl methyl sites for hydroxylation is 2. The minimum atomic E-state index is -2.97. The lowest BCUT2D eigenvalue weighted by atomic mass is 10.2. The van der Waals surface area contributed by atoms with E-state index in [4.69, 9.17) is 9.60 Å². The molecule has 1 N–H and O–H groups in total. The van der Waals surface area contributed by atoms with Crippen LogP contribution in [-0.4, -0.2) is 29.9 Å². The van der Waals surface area contributed by atoms with E-state index >= 15 is 0 Å². The summed E-state index contributed by atoms with van der Waals surface area (Å²) >= 11 is 0. The van der Waals surface area contributed by atoms with Gasteiger partial charge in [0.15, 0.2) is 11.2 Å². The van der Waals surface area contributed by atoms with Crippen molar-refractivity contribution in [2.75, 3.05) is 0 Å². The summed E-state index contributed by atoms with van der Waals surface area (Å²) < 4.78 is 54.0. The van der Waals surface area contributed by atoms with Crippen LogP contribution in [0.5, 0.6) is 0 Å². The highest BCUT2D eigenvalue weighted by Crippen LogP contribution is 2.04. The molecule has 0 aliphatic rings. The zero-order chi connectivity index (χ0) is 20.8. The molecule has 0 radical (unpaired) electrons. The molecule has 7 nitrogen and oxygen atoms in total. The average Bonchev–Trinajstić information content (AvgIpc) is 2.88. The first-order chi connectivity index (χ1) is 12.1. The first kappa shape index (κ1) is 7.78. The van der Waals surface area contributed by atoms with E-state index in [0.717, 1.165) is 6.33 Å². The molecule has 0 spiro atoms. The van der Waals surface area contributed by atoms with Crippen molar-refractivity contribution in [1.82, 2.24) is 18.7 Å². The van der Waals surface area contributed by atoms with Gasteiger partial charge in [-0.25, -0.2) is 9.78 Å². The van der Waals surface area contributed by atoms with Gasteiger partial charge in [-0.1, -0.05) is 0 Å². The van der Waals surface area contributed by atoms with Gasteiger partial charge >= 0.3 is 5.69 Å². The zero-order valence-electron chi connectivity index (χ0n) is 18.0. The normalized spacial score (nSPS) is 21.0. The summed E-state index contributed by atoms with van der Waals surface area (Å²) in [4.78, 5) is 29.0. The molecule has 0 unspecified atom stereocenters. The molecule has 0 bridgehead atoms. The van der Waals surface area contributed by atoms with Crippen LogP contribution in [0.25, 0.3) is 11.2 Å². The third-order valence-corrected chi connectivity index (χ3v) is 3.00. The molecule has 0 aliphatic heterocycles. The van der Waals surface area contributed by atoms with E-state index in [-0.39, 0.29) is 19.4 Å². The number of hydrogen-bond acceptors (Lipinski definition) is 4. The molecule has 0 fully saturated rings. The lowest BCUT2D eigenvalue weighted by Crippen LogP contribution is -2.39. The van der Waals surface area contributed by atoms with Crippen molar-refractivity contribution in [2.45, 2.75) is 38.8 Å². The van der Waals surface area contributed by atoms with Gasteiger partial charge in [-0.05, 0) is 26.2 Å². The quantitative estimate of drug-likeness (QED) is 0.784. The molecule has 7 heteroatoms. The maximum atomic E-state index is 12.7. The Balaban J connectivity index is 2.63. The Bertz CT molecular complexity index is 947. The molecule has 1 atom stereocenters. The van der Waals surface area contributed by atoms with Crippen molar-refractivity contribution < 1.29 is 14.7 Å². The van der Waals surface area contributed by atoms with Crippen LogP contribution in [-0.2, 0) is 20.5 Å². The van der Waals surface area contributed by atoms with E-state index in [0.29, 0.717) is 20.1 Å². The van der Waals surface area contributed by atoms with Gasteiger partial charge in [0.05, 0.1) is 13.8 Å². The molecule has 2 heterocycles. The summed E-state index contributed by atoms with van der Waals surface area (Å²) in [5.41, 5.74) is -3.10. The first-order valence-corrected chi connectivity index (χ1v) is 6.11. The van der Waals surface area contributed by atoms with Crippen LogP contribution in [0.15, 0.2) is 15.9 Å². The average molecular weight is 287 g/mol. The Labute approximate surface area is 125 Å². The minimum Gasteiger partial charge on any atom is -0.393 e. The van der Waals surface area contributed by atoms with Crippen LogP contribution in [0, 0.1) is 0 Å². The van der Waals surface area contributed by atoms with E-state index in [1.807, 2.05) is 0 Å². The van der Waals surface area contributed by atoms with Crippen LogP contribution in [0.2, 0.25) is 0 Å². The van der Waals surface area contributed by atoms with Crippen molar-refractivity contribution in [2.24, 2.45) is 14.0 Å². The Kier molecular flexibility index (Phi) is 2.19. The Hall–Kier alpha value is -1.89. The highest BCUT2D eigenvalue weighted by molar-refractivity contribution is 5.69. The smallest absolute Gasteiger partial charge is 0.332 e. The lowest BCUT2D eigenvalue weighted by molar-refractivity contribution is 0.180. The number of rotatable bonds is 5. The topological polar surface area (TPSA) is 82.1 Å². The van der Waals surface area contributed by atoms with Gasteiger partial charge in [-0.2, -0.15) is 0 Å². The second kappa shape index (κ2) is 5.62. The van der Waals surface area contributed by atoms with E-state index < -0.39 is 42.4 Å². The second-order valence-corrected chi connectivity index (χ2v) is 4.55. The maximum Gasteiger partial charge on any atom is 0.332 e. The second-order valence-electron chi connectivity index (χ2n) is 4.55. The number of hydrogen-bond donors (Lipinski definition) is 1. The predicted octanol–water partition coefficient (Wildman–Crippen LogP) is -0.0152. The van der Waals surface area contributed by atoms with Gasteiger partial charge in [-0.15, -0.1) is 0 Å². The largest absolute Gasteiger partial charge is 0.393 e. The fraction of sp³-hybridized carbons (Fsp3) is 0.615. The van der Waals surface area contributed by atoms with Gasteiger partial charge < -0.3 is 9.67 Å². The van der Waals surface area contributed by atoms with Crippen LogP contribution >= 0.6 is 0 Å². The van der Waals surface area contributed by atoms with Crippen molar-refractivity contribution >= 4 is 11.2 Å². The zero-order valence-corrected chi connectivity index (χ0v) is 11.0. The minimum absolute atomic E-state index is 0.0880. The summed E-state index contributed by atoms with van der Waals surface area (Å²) in [6.07, 6.45) is -0.258. The molecule has 0 aliphatic carbocycles. The number of aliphatic hydroxyl groups is 1. The van der Waals surface area contributed by atoms with E-state index in [9.17, 15) is 14.7 Å². The third kappa shape index (κ3) is 2.53. The predicted molar refractivity (Wildman–Crippen MR) is 75.7 cm³/mol. The highest BCUT2D eigenvalue weighted by atomic mass is 16.3. The summed E-state index contributed by atoms with van der Waals surface area (Å²) in [6.45, 7) is -4.65. The molecule has 20 heavy (non-hydrogen) atoms. The molecule has 110 valence electrons. The van der Waals surface area contributed by atoms with Crippen LogP contribution < -0.4 is 11.2 Å². The monoisotopic (exact) mass is 287 g/mol. The van der Waals surface area contributed by atoms with Gasteiger partial charge in [0.2, 0.25) is 0 Å². The fourth-order valence-corrected chi connectivity index (χ4v) is 1.98. The number of aromatic nitrogens is 4. The van der Waals surface area contributed by atoms with Gasteiger partial charge in [0.25, 0.3) is 5.56 Å². The van der Waals surface area contributed by atoms with Crippen LogP contribution in [0.4, 0.5) is 0 Å². The van der Waals surface area contributed by atoms with Gasteiger partial charge in [0, 0.05) is 28.7 Å².